The Bertz CT molecular complexity index is 999. The highest BCUT2D eigenvalue weighted by Crippen LogP contribution is 2.25. The minimum atomic E-state index is -0.295. The Morgan fingerprint density at radius 3 is 2.57 bits per heavy atom. The van der Waals surface area contributed by atoms with Gasteiger partial charge >= 0.3 is 0 Å². The van der Waals surface area contributed by atoms with Crippen molar-refractivity contribution in [1.29, 1.82) is 0 Å². The maximum Gasteiger partial charge on any atom is 0.253 e. The summed E-state index contributed by atoms with van der Waals surface area (Å²) in [5, 5.41) is 5.61. The molecule has 0 aliphatic carbocycles. The van der Waals surface area contributed by atoms with E-state index in [1.54, 1.807) is 62.9 Å². The fourth-order valence-corrected chi connectivity index (χ4v) is 3.00. The van der Waals surface area contributed by atoms with Gasteiger partial charge in [0.05, 0.1) is 38.3 Å². The maximum absolute atomic E-state index is 12.5. The Labute approximate surface area is 175 Å². The van der Waals surface area contributed by atoms with E-state index in [1.807, 2.05) is 12.1 Å². The van der Waals surface area contributed by atoms with Crippen molar-refractivity contribution in [2.45, 2.75) is 19.4 Å². The summed E-state index contributed by atoms with van der Waals surface area (Å²) < 4.78 is 15.8. The molecule has 0 radical (unpaired) electrons. The summed E-state index contributed by atoms with van der Waals surface area (Å²) in [5.74, 6) is 1.55. The minimum absolute atomic E-state index is 0.203. The lowest BCUT2D eigenvalue weighted by atomic mass is 10.1. The molecular formula is C23H24N2O5. The summed E-state index contributed by atoms with van der Waals surface area (Å²) >= 11 is 0. The lowest BCUT2D eigenvalue weighted by molar-refractivity contribution is -0.116. The monoisotopic (exact) mass is 408 g/mol. The zero-order valence-electron chi connectivity index (χ0n) is 16.9. The van der Waals surface area contributed by atoms with Crippen LogP contribution in [0.5, 0.6) is 11.5 Å². The number of carbonyl (C=O) groups excluding carboxylic acids is 2. The normalized spacial score (nSPS) is 10.3. The number of ether oxygens (including phenoxy) is 2. The van der Waals surface area contributed by atoms with Crippen LogP contribution in [0.3, 0.4) is 0 Å². The Morgan fingerprint density at radius 2 is 1.83 bits per heavy atom. The van der Waals surface area contributed by atoms with Gasteiger partial charge in [-0.15, -0.1) is 0 Å². The van der Waals surface area contributed by atoms with Gasteiger partial charge in [0.2, 0.25) is 5.91 Å². The van der Waals surface area contributed by atoms with E-state index >= 15 is 0 Å². The van der Waals surface area contributed by atoms with Gasteiger partial charge in [0.25, 0.3) is 5.91 Å². The van der Waals surface area contributed by atoms with Crippen LogP contribution < -0.4 is 20.1 Å². The smallest absolute Gasteiger partial charge is 0.253 e. The fourth-order valence-electron chi connectivity index (χ4n) is 3.00. The third-order valence-electron chi connectivity index (χ3n) is 4.56. The van der Waals surface area contributed by atoms with Gasteiger partial charge in [0.1, 0.15) is 17.3 Å². The molecule has 2 N–H and O–H groups in total. The maximum atomic E-state index is 12.5. The molecular weight excluding hydrogens is 384 g/mol. The zero-order chi connectivity index (χ0) is 21.3. The Kier molecular flexibility index (Phi) is 7.10. The summed E-state index contributed by atoms with van der Waals surface area (Å²) in [6.45, 7) is 0.268. The second-order valence-electron chi connectivity index (χ2n) is 6.53. The zero-order valence-corrected chi connectivity index (χ0v) is 16.9. The van der Waals surface area contributed by atoms with E-state index in [2.05, 4.69) is 10.6 Å². The van der Waals surface area contributed by atoms with Gasteiger partial charge in [-0.1, -0.05) is 12.1 Å². The highest BCUT2D eigenvalue weighted by Gasteiger charge is 2.14. The standard InChI is InChI=1S/C23H24N2O5/c1-28-17-10-11-21(29-2)16(14-17)9-12-22(26)25-20-8-4-3-7-19(20)23(27)24-15-18-6-5-13-30-18/h3-8,10-11,13-14H,9,12,15H2,1-2H3,(H,24,27)(H,25,26). The van der Waals surface area contributed by atoms with Crippen LogP contribution in [0.2, 0.25) is 0 Å². The van der Waals surface area contributed by atoms with E-state index in [0.717, 1.165) is 5.56 Å². The molecule has 0 aliphatic heterocycles. The van der Waals surface area contributed by atoms with Gasteiger partial charge < -0.3 is 24.5 Å². The highest BCUT2D eigenvalue weighted by molar-refractivity contribution is 6.03. The molecule has 0 saturated carbocycles. The van der Waals surface area contributed by atoms with E-state index in [4.69, 9.17) is 13.9 Å². The fraction of sp³-hybridized carbons (Fsp3) is 0.217. The molecule has 2 amide bonds. The SMILES string of the molecule is COc1ccc(OC)c(CCC(=O)Nc2ccccc2C(=O)NCc2ccco2)c1. The number of nitrogens with one attached hydrogen (secondary N) is 2. The van der Waals surface area contributed by atoms with Crippen molar-refractivity contribution in [3.8, 4) is 11.5 Å². The van der Waals surface area contributed by atoms with Crippen LogP contribution in [0.4, 0.5) is 5.69 Å². The van der Waals surface area contributed by atoms with Crippen molar-refractivity contribution < 1.29 is 23.5 Å². The first-order valence-electron chi connectivity index (χ1n) is 9.51. The van der Waals surface area contributed by atoms with Gasteiger partial charge in [0, 0.05) is 6.42 Å². The summed E-state index contributed by atoms with van der Waals surface area (Å²) in [6, 6.07) is 15.9. The van der Waals surface area contributed by atoms with Crippen molar-refractivity contribution in [3.05, 3.63) is 77.7 Å². The third kappa shape index (κ3) is 5.41. The number of rotatable bonds is 9. The first-order valence-corrected chi connectivity index (χ1v) is 9.51. The number of carbonyl (C=O) groups is 2. The Hall–Kier alpha value is -3.74. The van der Waals surface area contributed by atoms with Gasteiger partial charge in [0.15, 0.2) is 0 Å². The summed E-state index contributed by atoms with van der Waals surface area (Å²) in [5.41, 5.74) is 1.71. The van der Waals surface area contributed by atoms with Crippen LogP contribution in [-0.2, 0) is 17.8 Å². The molecule has 156 valence electrons. The van der Waals surface area contributed by atoms with E-state index in [9.17, 15) is 9.59 Å². The number of aryl methyl sites for hydroxylation is 1. The van der Waals surface area contributed by atoms with Crippen LogP contribution in [0, 0.1) is 0 Å². The van der Waals surface area contributed by atoms with Crippen LogP contribution in [0.15, 0.2) is 65.3 Å². The van der Waals surface area contributed by atoms with Crippen LogP contribution in [-0.4, -0.2) is 26.0 Å². The quantitative estimate of drug-likeness (QED) is 0.562. The molecule has 0 atom stereocenters. The Balaban J connectivity index is 1.62. The van der Waals surface area contributed by atoms with Crippen molar-refractivity contribution >= 4 is 17.5 Å². The number of amides is 2. The average molecular weight is 408 g/mol. The summed E-state index contributed by atoms with van der Waals surface area (Å²) in [7, 11) is 3.18. The molecule has 7 nitrogen and oxygen atoms in total. The molecule has 7 heteroatoms. The molecule has 3 rings (SSSR count). The number of anilines is 1. The van der Waals surface area contributed by atoms with Gasteiger partial charge in [-0.25, -0.2) is 0 Å². The molecule has 30 heavy (non-hydrogen) atoms. The predicted molar refractivity (Wildman–Crippen MR) is 113 cm³/mol. The average Bonchev–Trinajstić information content (AvgIpc) is 3.30. The molecule has 0 spiro atoms. The van der Waals surface area contributed by atoms with Crippen molar-refractivity contribution in [2.75, 3.05) is 19.5 Å². The molecule has 1 aromatic heterocycles. The van der Waals surface area contributed by atoms with E-state index in [0.29, 0.717) is 34.9 Å². The lowest BCUT2D eigenvalue weighted by Gasteiger charge is -2.12. The predicted octanol–water partition coefficient (Wildman–Crippen LogP) is 3.80. The second kappa shape index (κ2) is 10.2. The van der Waals surface area contributed by atoms with Crippen LogP contribution >= 0.6 is 0 Å². The summed E-state index contributed by atoms with van der Waals surface area (Å²) in [6.07, 6.45) is 2.25. The van der Waals surface area contributed by atoms with Gasteiger partial charge in [-0.2, -0.15) is 0 Å². The molecule has 0 aliphatic rings. The highest BCUT2D eigenvalue weighted by atomic mass is 16.5. The summed E-state index contributed by atoms with van der Waals surface area (Å²) in [4.78, 5) is 25.1. The van der Waals surface area contributed by atoms with Crippen LogP contribution in [0.1, 0.15) is 28.1 Å². The molecule has 2 aromatic carbocycles. The second-order valence-corrected chi connectivity index (χ2v) is 6.53. The number of hydrogen-bond acceptors (Lipinski definition) is 5. The van der Waals surface area contributed by atoms with E-state index < -0.39 is 0 Å². The number of methoxy groups -OCH3 is 2. The van der Waals surface area contributed by atoms with Crippen molar-refractivity contribution in [2.24, 2.45) is 0 Å². The van der Waals surface area contributed by atoms with E-state index in [1.165, 1.54) is 0 Å². The topological polar surface area (TPSA) is 89.8 Å². The first-order chi connectivity index (χ1) is 14.6. The van der Waals surface area contributed by atoms with Crippen molar-refractivity contribution in [3.63, 3.8) is 0 Å². The molecule has 0 fully saturated rings. The lowest BCUT2D eigenvalue weighted by Crippen LogP contribution is -2.24. The third-order valence-corrected chi connectivity index (χ3v) is 4.56. The molecule has 0 unspecified atom stereocenters. The number of hydrogen-bond donors (Lipinski definition) is 2. The number of furan rings is 1. The Morgan fingerprint density at radius 1 is 1.00 bits per heavy atom. The largest absolute Gasteiger partial charge is 0.497 e. The number of benzene rings is 2. The van der Waals surface area contributed by atoms with Crippen molar-refractivity contribution in [1.82, 2.24) is 5.32 Å². The van der Waals surface area contributed by atoms with E-state index in [-0.39, 0.29) is 24.8 Å². The van der Waals surface area contributed by atoms with Crippen LogP contribution in [0.25, 0.3) is 0 Å². The minimum Gasteiger partial charge on any atom is -0.497 e. The first kappa shape index (κ1) is 21.0. The molecule has 1 heterocycles. The van der Waals surface area contributed by atoms with Gasteiger partial charge in [-0.05, 0) is 54.4 Å². The molecule has 0 bridgehead atoms. The number of para-hydroxylation sites is 1. The molecule has 0 saturated heterocycles. The van der Waals surface area contributed by atoms with Gasteiger partial charge in [-0.3, -0.25) is 9.59 Å². The molecule has 3 aromatic rings.